The highest BCUT2D eigenvalue weighted by molar-refractivity contribution is 6.07. The van der Waals surface area contributed by atoms with E-state index >= 15 is 0 Å². The second kappa shape index (κ2) is 10.3. The molecule has 0 spiro atoms. The zero-order chi connectivity index (χ0) is 22.2. The average Bonchev–Trinajstić information content (AvgIpc) is 2.79. The lowest BCUT2D eigenvalue weighted by molar-refractivity contribution is -0.118. The van der Waals surface area contributed by atoms with Crippen molar-refractivity contribution in [3.8, 4) is 11.5 Å². The predicted molar refractivity (Wildman–Crippen MR) is 122 cm³/mol. The number of benzene rings is 3. The molecule has 160 valence electrons. The van der Waals surface area contributed by atoms with Crippen molar-refractivity contribution >= 4 is 23.2 Å². The summed E-state index contributed by atoms with van der Waals surface area (Å²) in [6.45, 7) is 4.23. The van der Waals surface area contributed by atoms with Gasteiger partial charge in [-0.3, -0.25) is 9.59 Å². The van der Waals surface area contributed by atoms with Crippen molar-refractivity contribution in [2.24, 2.45) is 0 Å². The molecule has 0 unspecified atom stereocenters. The van der Waals surface area contributed by atoms with E-state index in [1.807, 2.05) is 56.3 Å². The Balaban J connectivity index is 1.66. The summed E-state index contributed by atoms with van der Waals surface area (Å²) < 4.78 is 10.9. The van der Waals surface area contributed by atoms with Gasteiger partial charge in [0.1, 0.15) is 0 Å². The Labute approximate surface area is 182 Å². The summed E-state index contributed by atoms with van der Waals surface area (Å²) in [4.78, 5) is 27.1. The zero-order valence-electron chi connectivity index (χ0n) is 17.9. The summed E-state index contributed by atoms with van der Waals surface area (Å²) in [5.74, 6) is 0.600. The number of nitrogens with one attached hydrogen (secondary N) is 1. The Hall–Kier alpha value is -3.80. The van der Waals surface area contributed by atoms with E-state index in [1.54, 1.807) is 42.3 Å². The Morgan fingerprint density at radius 2 is 1.71 bits per heavy atom. The van der Waals surface area contributed by atoms with E-state index in [0.717, 1.165) is 11.3 Å². The highest BCUT2D eigenvalue weighted by atomic mass is 16.5. The molecule has 3 aromatic rings. The molecule has 0 radical (unpaired) electrons. The number of nitrogens with zero attached hydrogens (tertiary/aromatic N) is 1. The highest BCUT2D eigenvalue weighted by Crippen LogP contribution is 2.27. The maximum Gasteiger partial charge on any atom is 0.262 e. The lowest BCUT2D eigenvalue weighted by Crippen LogP contribution is -2.30. The van der Waals surface area contributed by atoms with Crippen LogP contribution in [-0.4, -0.2) is 32.1 Å². The lowest BCUT2D eigenvalue weighted by atomic mass is 10.1. The van der Waals surface area contributed by atoms with E-state index < -0.39 is 0 Å². The summed E-state index contributed by atoms with van der Waals surface area (Å²) in [6.07, 6.45) is 0. The summed E-state index contributed by atoms with van der Waals surface area (Å²) in [5.41, 5.74) is 2.88. The van der Waals surface area contributed by atoms with E-state index in [0.29, 0.717) is 29.3 Å². The fourth-order valence-electron chi connectivity index (χ4n) is 3.17. The number of para-hydroxylation sites is 1. The largest absolute Gasteiger partial charge is 0.493 e. The number of methoxy groups -OCH3 is 1. The van der Waals surface area contributed by atoms with Gasteiger partial charge in [0.2, 0.25) is 0 Å². The van der Waals surface area contributed by atoms with Crippen LogP contribution in [0.5, 0.6) is 11.5 Å². The fourth-order valence-corrected chi connectivity index (χ4v) is 3.17. The minimum atomic E-state index is -0.331. The molecule has 0 bridgehead atoms. The van der Waals surface area contributed by atoms with Crippen LogP contribution < -0.4 is 19.7 Å². The first-order valence-electron chi connectivity index (χ1n) is 10.1. The third-order valence-electron chi connectivity index (χ3n) is 4.70. The molecule has 0 atom stereocenters. The second-order valence-corrected chi connectivity index (χ2v) is 6.96. The third-order valence-corrected chi connectivity index (χ3v) is 4.70. The summed E-state index contributed by atoms with van der Waals surface area (Å²) in [7, 11) is 1.55. The van der Waals surface area contributed by atoms with Crippen molar-refractivity contribution in [3.63, 3.8) is 0 Å². The lowest BCUT2D eigenvalue weighted by Gasteiger charge is -2.21. The first-order valence-corrected chi connectivity index (χ1v) is 10.1. The number of ether oxygens (including phenoxy) is 2. The summed E-state index contributed by atoms with van der Waals surface area (Å²) >= 11 is 0. The van der Waals surface area contributed by atoms with Crippen molar-refractivity contribution in [3.05, 3.63) is 83.9 Å². The molecule has 2 amide bonds. The van der Waals surface area contributed by atoms with E-state index in [1.165, 1.54) is 0 Å². The number of anilines is 2. The maximum absolute atomic E-state index is 13.0. The van der Waals surface area contributed by atoms with Crippen LogP contribution in [0.4, 0.5) is 11.4 Å². The maximum atomic E-state index is 13.0. The van der Waals surface area contributed by atoms with Gasteiger partial charge in [0.25, 0.3) is 11.8 Å². The molecule has 0 aromatic heterocycles. The van der Waals surface area contributed by atoms with Crippen LogP contribution in [0, 0.1) is 6.92 Å². The van der Waals surface area contributed by atoms with E-state index in [9.17, 15) is 9.59 Å². The smallest absolute Gasteiger partial charge is 0.262 e. The first kappa shape index (κ1) is 21.9. The number of carbonyl (C=O) groups excluding carboxylic acids is 2. The van der Waals surface area contributed by atoms with Gasteiger partial charge in [-0.15, -0.1) is 0 Å². The average molecular weight is 418 g/mol. The van der Waals surface area contributed by atoms with E-state index in [2.05, 4.69) is 5.32 Å². The number of rotatable bonds is 8. The van der Waals surface area contributed by atoms with E-state index in [4.69, 9.17) is 9.47 Å². The first-order chi connectivity index (χ1) is 15.0. The van der Waals surface area contributed by atoms with Gasteiger partial charge in [-0.1, -0.05) is 30.3 Å². The van der Waals surface area contributed by atoms with Crippen LogP contribution >= 0.6 is 0 Å². The van der Waals surface area contributed by atoms with Gasteiger partial charge in [-0.05, 0) is 61.9 Å². The predicted octanol–water partition coefficient (Wildman–Crippen LogP) is 4.69. The minimum absolute atomic E-state index is 0.134. The molecule has 0 fully saturated rings. The normalized spacial score (nSPS) is 10.3. The Morgan fingerprint density at radius 3 is 2.42 bits per heavy atom. The number of hydrogen-bond donors (Lipinski definition) is 1. The molecule has 0 saturated heterocycles. The molecule has 1 N–H and O–H groups in total. The monoisotopic (exact) mass is 418 g/mol. The van der Waals surface area contributed by atoms with Crippen LogP contribution in [-0.2, 0) is 4.79 Å². The van der Waals surface area contributed by atoms with Gasteiger partial charge in [-0.2, -0.15) is 0 Å². The molecule has 3 rings (SSSR count). The summed E-state index contributed by atoms with van der Waals surface area (Å²) in [6, 6.07) is 21.9. The number of carbonyl (C=O) groups is 2. The van der Waals surface area contributed by atoms with Crippen molar-refractivity contribution in [2.45, 2.75) is 13.8 Å². The Bertz CT molecular complexity index is 1050. The van der Waals surface area contributed by atoms with E-state index in [-0.39, 0.29) is 18.4 Å². The Kier molecular flexibility index (Phi) is 7.27. The molecule has 31 heavy (non-hydrogen) atoms. The van der Waals surface area contributed by atoms with Crippen LogP contribution in [0.25, 0.3) is 0 Å². The molecule has 6 heteroatoms. The van der Waals surface area contributed by atoms with Crippen LogP contribution in [0.3, 0.4) is 0 Å². The van der Waals surface area contributed by atoms with Gasteiger partial charge < -0.3 is 19.7 Å². The standard InChI is InChI=1S/C25H26N2O4/c1-4-27(21-11-6-5-7-12-21)25(29)19-9-8-10-20(16-19)26-24(28)17-31-22-14-13-18(2)15-23(22)30-3/h5-16H,4,17H2,1-3H3,(H,26,28). The van der Waals surface area contributed by atoms with Gasteiger partial charge in [-0.25, -0.2) is 0 Å². The SMILES string of the molecule is CCN(C(=O)c1cccc(NC(=O)COc2ccc(C)cc2OC)c1)c1ccccc1. The number of hydrogen-bond acceptors (Lipinski definition) is 4. The quantitative estimate of drug-likeness (QED) is 0.576. The molecule has 0 heterocycles. The third kappa shape index (κ3) is 5.63. The number of amides is 2. The van der Waals surface area contributed by atoms with Crippen molar-refractivity contribution in [1.29, 1.82) is 0 Å². The molecule has 0 aliphatic heterocycles. The van der Waals surface area contributed by atoms with Crippen LogP contribution in [0.15, 0.2) is 72.8 Å². The van der Waals surface area contributed by atoms with Crippen molar-refractivity contribution in [2.75, 3.05) is 30.5 Å². The molecule has 6 nitrogen and oxygen atoms in total. The topological polar surface area (TPSA) is 67.9 Å². The van der Waals surface area contributed by atoms with Gasteiger partial charge in [0.15, 0.2) is 18.1 Å². The summed E-state index contributed by atoms with van der Waals surface area (Å²) in [5, 5.41) is 2.78. The van der Waals surface area contributed by atoms with Crippen LogP contribution in [0.2, 0.25) is 0 Å². The van der Waals surface area contributed by atoms with Gasteiger partial charge >= 0.3 is 0 Å². The Morgan fingerprint density at radius 1 is 0.935 bits per heavy atom. The molecule has 0 aliphatic carbocycles. The molecular formula is C25H26N2O4. The molecule has 3 aromatic carbocycles. The van der Waals surface area contributed by atoms with Gasteiger partial charge in [0, 0.05) is 23.5 Å². The highest BCUT2D eigenvalue weighted by Gasteiger charge is 2.16. The molecular weight excluding hydrogens is 392 g/mol. The fraction of sp³-hybridized carbons (Fsp3) is 0.200. The van der Waals surface area contributed by atoms with Crippen LogP contribution in [0.1, 0.15) is 22.8 Å². The van der Waals surface area contributed by atoms with Crippen molar-refractivity contribution in [1.82, 2.24) is 0 Å². The molecule has 0 saturated carbocycles. The van der Waals surface area contributed by atoms with Crippen molar-refractivity contribution < 1.29 is 19.1 Å². The molecule has 0 aliphatic rings. The minimum Gasteiger partial charge on any atom is -0.493 e. The second-order valence-electron chi connectivity index (χ2n) is 6.96. The zero-order valence-corrected chi connectivity index (χ0v) is 17.9. The van der Waals surface area contributed by atoms with Gasteiger partial charge in [0.05, 0.1) is 7.11 Å². The number of aryl methyl sites for hydroxylation is 1.